The second kappa shape index (κ2) is 4.94. The molecule has 1 aliphatic carbocycles. The number of hydrogen-bond donors (Lipinski definition) is 1. The number of imidazole rings is 1. The van der Waals surface area contributed by atoms with Crippen LogP contribution in [-0.2, 0) is 11.3 Å². The fourth-order valence-corrected chi connectivity index (χ4v) is 2.38. The Morgan fingerprint density at radius 1 is 1.39 bits per heavy atom. The van der Waals surface area contributed by atoms with Gasteiger partial charge in [-0.15, -0.1) is 0 Å². The van der Waals surface area contributed by atoms with Crippen LogP contribution in [0.1, 0.15) is 31.4 Å². The molecule has 1 N–H and O–H groups in total. The van der Waals surface area contributed by atoms with Crippen LogP contribution in [-0.4, -0.2) is 27.7 Å². The average Bonchev–Trinajstić information content (AvgIpc) is 3.04. The van der Waals surface area contributed by atoms with Gasteiger partial charge in [-0.25, -0.2) is 9.50 Å². The molecule has 3 rings (SSSR count). The molecule has 2 heterocycles. The van der Waals surface area contributed by atoms with Crippen LogP contribution >= 0.6 is 0 Å². The minimum atomic E-state index is 0.429. The molecule has 2 aromatic heterocycles. The van der Waals surface area contributed by atoms with Crippen molar-refractivity contribution in [2.24, 2.45) is 0 Å². The van der Waals surface area contributed by atoms with Crippen LogP contribution in [0, 0.1) is 0 Å². The molecule has 5 nitrogen and oxygen atoms in total. The van der Waals surface area contributed by atoms with Crippen LogP contribution in [0.25, 0.3) is 5.65 Å². The molecule has 96 valence electrons. The Morgan fingerprint density at radius 3 is 3.00 bits per heavy atom. The van der Waals surface area contributed by atoms with Crippen LogP contribution in [0.4, 0.5) is 5.82 Å². The van der Waals surface area contributed by atoms with Crippen molar-refractivity contribution in [3.05, 3.63) is 24.0 Å². The molecule has 0 amide bonds. The zero-order valence-corrected chi connectivity index (χ0v) is 10.6. The molecular weight excluding hydrogens is 228 g/mol. The largest absolute Gasteiger partial charge is 0.372 e. The van der Waals surface area contributed by atoms with E-state index < -0.39 is 0 Å². The first-order valence-corrected chi connectivity index (χ1v) is 6.50. The first-order valence-electron chi connectivity index (χ1n) is 6.50. The third-order valence-corrected chi connectivity index (χ3v) is 3.40. The van der Waals surface area contributed by atoms with E-state index in [0.717, 1.165) is 17.2 Å². The highest BCUT2D eigenvalue weighted by atomic mass is 16.5. The first-order chi connectivity index (χ1) is 8.85. The number of nitrogens with one attached hydrogen (secondary N) is 1. The van der Waals surface area contributed by atoms with Gasteiger partial charge in [-0.2, -0.15) is 5.10 Å². The van der Waals surface area contributed by atoms with Crippen LogP contribution < -0.4 is 5.32 Å². The summed E-state index contributed by atoms with van der Waals surface area (Å²) in [7, 11) is 1.85. The van der Waals surface area contributed by atoms with Crippen molar-refractivity contribution in [3.8, 4) is 0 Å². The summed E-state index contributed by atoms with van der Waals surface area (Å²) in [5.41, 5.74) is 1.80. The molecular formula is C13H18N4O. The fraction of sp³-hybridized carbons (Fsp3) is 0.538. The molecule has 0 unspecified atom stereocenters. The Balaban J connectivity index is 1.71. The lowest BCUT2D eigenvalue weighted by molar-refractivity contribution is 0.0433. The Hall–Kier alpha value is -1.62. The fourth-order valence-electron chi connectivity index (χ4n) is 2.38. The number of nitrogens with zero attached hydrogens (tertiary/aromatic N) is 3. The highest BCUT2D eigenvalue weighted by Gasteiger charge is 2.15. The minimum Gasteiger partial charge on any atom is -0.372 e. The van der Waals surface area contributed by atoms with Gasteiger partial charge in [0.2, 0.25) is 0 Å². The van der Waals surface area contributed by atoms with E-state index in [1.165, 1.54) is 25.7 Å². The normalized spacial score (nSPS) is 16.5. The highest BCUT2D eigenvalue weighted by Crippen LogP contribution is 2.21. The third kappa shape index (κ3) is 2.31. The van der Waals surface area contributed by atoms with E-state index in [1.54, 1.807) is 4.52 Å². The maximum atomic E-state index is 5.86. The molecule has 1 aliphatic rings. The molecule has 0 spiro atoms. The van der Waals surface area contributed by atoms with Crippen molar-refractivity contribution in [1.29, 1.82) is 0 Å². The molecule has 0 bridgehead atoms. The molecule has 0 aliphatic heterocycles. The van der Waals surface area contributed by atoms with Gasteiger partial charge in [0, 0.05) is 7.05 Å². The predicted molar refractivity (Wildman–Crippen MR) is 69.6 cm³/mol. The van der Waals surface area contributed by atoms with E-state index >= 15 is 0 Å². The maximum Gasteiger partial charge on any atom is 0.156 e. The van der Waals surface area contributed by atoms with Gasteiger partial charge in [-0.05, 0) is 25.0 Å². The summed E-state index contributed by atoms with van der Waals surface area (Å²) in [5.74, 6) is 0.830. The van der Waals surface area contributed by atoms with Crippen molar-refractivity contribution >= 4 is 11.5 Å². The maximum absolute atomic E-state index is 5.86. The van der Waals surface area contributed by atoms with Crippen molar-refractivity contribution in [3.63, 3.8) is 0 Å². The van der Waals surface area contributed by atoms with Gasteiger partial charge in [0.25, 0.3) is 0 Å². The summed E-state index contributed by atoms with van der Waals surface area (Å²) in [6.07, 6.45) is 7.29. The SMILES string of the molecule is CNc1cn2nc(COC3CCCC3)ccc2n1. The van der Waals surface area contributed by atoms with E-state index in [4.69, 9.17) is 4.74 Å². The van der Waals surface area contributed by atoms with Gasteiger partial charge < -0.3 is 10.1 Å². The lowest BCUT2D eigenvalue weighted by Gasteiger charge is -2.10. The number of ether oxygens (including phenoxy) is 1. The van der Waals surface area contributed by atoms with Crippen molar-refractivity contribution in [2.45, 2.75) is 38.4 Å². The molecule has 18 heavy (non-hydrogen) atoms. The van der Waals surface area contributed by atoms with Gasteiger partial charge in [0.15, 0.2) is 5.65 Å². The zero-order chi connectivity index (χ0) is 12.4. The smallest absolute Gasteiger partial charge is 0.156 e. The summed E-state index contributed by atoms with van der Waals surface area (Å²) in [6.45, 7) is 0.591. The van der Waals surface area contributed by atoms with Crippen molar-refractivity contribution in [2.75, 3.05) is 12.4 Å². The van der Waals surface area contributed by atoms with Gasteiger partial charge in [0.1, 0.15) is 5.82 Å². The number of aromatic nitrogens is 3. The van der Waals surface area contributed by atoms with E-state index in [2.05, 4.69) is 15.4 Å². The second-order valence-electron chi connectivity index (χ2n) is 4.72. The number of anilines is 1. The lowest BCUT2D eigenvalue weighted by atomic mass is 10.3. The van der Waals surface area contributed by atoms with E-state index in [-0.39, 0.29) is 0 Å². The molecule has 5 heteroatoms. The van der Waals surface area contributed by atoms with Crippen LogP contribution in [0.5, 0.6) is 0 Å². The van der Waals surface area contributed by atoms with Crippen LogP contribution in [0.2, 0.25) is 0 Å². The Morgan fingerprint density at radius 2 is 2.22 bits per heavy atom. The van der Waals surface area contributed by atoms with E-state index in [1.807, 2.05) is 25.4 Å². The van der Waals surface area contributed by atoms with Crippen molar-refractivity contribution < 1.29 is 4.74 Å². The topological polar surface area (TPSA) is 51.5 Å². The standard InChI is InChI=1S/C13H18N4O/c1-14-12-8-17-13(15-12)7-6-10(16-17)9-18-11-4-2-3-5-11/h6-8,11,14H,2-5,9H2,1H3. The van der Waals surface area contributed by atoms with Crippen molar-refractivity contribution in [1.82, 2.24) is 14.6 Å². The molecule has 0 atom stereocenters. The first kappa shape index (κ1) is 11.5. The summed E-state index contributed by atoms with van der Waals surface area (Å²) in [5, 5.41) is 7.50. The summed E-state index contributed by atoms with van der Waals surface area (Å²) in [6, 6.07) is 3.96. The Kier molecular flexibility index (Phi) is 3.15. The highest BCUT2D eigenvalue weighted by molar-refractivity contribution is 5.47. The van der Waals surface area contributed by atoms with E-state index in [9.17, 15) is 0 Å². The van der Waals surface area contributed by atoms with Gasteiger partial charge in [-0.3, -0.25) is 0 Å². The second-order valence-corrected chi connectivity index (χ2v) is 4.72. The molecule has 0 saturated heterocycles. The number of rotatable bonds is 4. The Labute approximate surface area is 106 Å². The van der Waals surface area contributed by atoms with Crippen LogP contribution in [0.15, 0.2) is 18.3 Å². The molecule has 2 aromatic rings. The quantitative estimate of drug-likeness (QED) is 0.898. The number of hydrogen-bond acceptors (Lipinski definition) is 4. The van der Waals surface area contributed by atoms with Gasteiger partial charge in [-0.1, -0.05) is 12.8 Å². The third-order valence-electron chi connectivity index (χ3n) is 3.40. The van der Waals surface area contributed by atoms with Gasteiger partial charge >= 0.3 is 0 Å². The monoisotopic (exact) mass is 246 g/mol. The molecule has 0 aromatic carbocycles. The summed E-state index contributed by atoms with van der Waals surface area (Å²) in [4.78, 5) is 4.36. The lowest BCUT2D eigenvalue weighted by Crippen LogP contribution is -2.09. The van der Waals surface area contributed by atoms with Gasteiger partial charge in [0.05, 0.1) is 24.6 Å². The van der Waals surface area contributed by atoms with Crippen LogP contribution in [0.3, 0.4) is 0 Å². The van der Waals surface area contributed by atoms with E-state index in [0.29, 0.717) is 12.7 Å². The molecule has 1 saturated carbocycles. The predicted octanol–water partition coefficient (Wildman–Crippen LogP) is 2.23. The minimum absolute atomic E-state index is 0.429. The number of fused-ring (bicyclic) bond motifs is 1. The summed E-state index contributed by atoms with van der Waals surface area (Å²) < 4.78 is 7.65. The molecule has 1 fully saturated rings. The zero-order valence-electron chi connectivity index (χ0n) is 10.6. The Bertz CT molecular complexity index is 531. The summed E-state index contributed by atoms with van der Waals surface area (Å²) >= 11 is 0. The molecule has 0 radical (unpaired) electrons. The average molecular weight is 246 g/mol.